The Morgan fingerprint density at radius 1 is 1.29 bits per heavy atom. The van der Waals surface area contributed by atoms with E-state index in [2.05, 4.69) is 15.4 Å². The Hall–Kier alpha value is -1.83. The summed E-state index contributed by atoms with van der Waals surface area (Å²) in [5, 5.41) is 21.6. The highest BCUT2D eigenvalue weighted by Crippen LogP contribution is 1.92. The maximum absolute atomic E-state index is 11.3. The van der Waals surface area contributed by atoms with Crippen molar-refractivity contribution >= 4 is 18.0 Å². The number of esters is 1. The van der Waals surface area contributed by atoms with Gasteiger partial charge in [-0.25, -0.2) is 14.4 Å². The summed E-state index contributed by atoms with van der Waals surface area (Å²) in [6.45, 7) is 1.02. The van der Waals surface area contributed by atoms with Crippen LogP contribution >= 0.6 is 0 Å². The molecule has 0 aliphatic heterocycles. The smallest absolute Gasteiger partial charge is 0.328 e. The Bertz CT molecular complexity index is 293. The lowest BCUT2D eigenvalue weighted by Gasteiger charge is -2.16. The van der Waals surface area contributed by atoms with Crippen molar-refractivity contribution in [2.75, 3.05) is 13.7 Å². The minimum Gasteiger partial charge on any atom is -0.480 e. The molecule has 8 heteroatoms. The predicted octanol–water partition coefficient (Wildman–Crippen LogP) is -1.32. The van der Waals surface area contributed by atoms with Gasteiger partial charge in [0.2, 0.25) is 0 Å². The lowest BCUT2D eigenvalue weighted by atomic mass is 10.2. The van der Waals surface area contributed by atoms with E-state index in [0.29, 0.717) is 0 Å². The number of aliphatic carboxylic acids is 1. The zero-order valence-electron chi connectivity index (χ0n) is 9.60. The summed E-state index contributed by atoms with van der Waals surface area (Å²) in [5.74, 6) is -1.91. The molecule has 0 bridgehead atoms. The van der Waals surface area contributed by atoms with E-state index in [1.807, 2.05) is 0 Å². The van der Waals surface area contributed by atoms with Gasteiger partial charge in [0, 0.05) is 13.0 Å². The summed E-state index contributed by atoms with van der Waals surface area (Å²) in [7, 11) is 1.17. The van der Waals surface area contributed by atoms with Crippen molar-refractivity contribution in [1.29, 1.82) is 0 Å². The molecular formula is C9H16N2O6. The number of carbonyl (C=O) groups excluding carboxylic acids is 2. The molecule has 4 N–H and O–H groups in total. The van der Waals surface area contributed by atoms with Gasteiger partial charge in [-0.1, -0.05) is 0 Å². The summed E-state index contributed by atoms with van der Waals surface area (Å²) in [6, 6.07) is -2.91. The number of aliphatic hydroxyl groups is 1. The Labute approximate surface area is 97.9 Å². The molecule has 0 radical (unpaired) electrons. The maximum atomic E-state index is 11.3. The molecule has 0 aromatic rings. The van der Waals surface area contributed by atoms with Crippen LogP contribution < -0.4 is 10.6 Å². The number of ether oxygens (including phenoxy) is 1. The summed E-state index contributed by atoms with van der Waals surface area (Å²) < 4.78 is 4.38. The fraction of sp³-hybridized carbons (Fsp3) is 0.667. The van der Waals surface area contributed by atoms with Gasteiger partial charge in [0.1, 0.15) is 12.1 Å². The van der Waals surface area contributed by atoms with Crippen LogP contribution in [0.3, 0.4) is 0 Å². The van der Waals surface area contributed by atoms with E-state index in [-0.39, 0.29) is 13.0 Å². The molecular weight excluding hydrogens is 232 g/mol. The molecule has 0 aliphatic carbocycles. The molecule has 8 nitrogen and oxygen atoms in total. The van der Waals surface area contributed by atoms with Crippen molar-refractivity contribution in [2.24, 2.45) is 0 Å². The van der Waals surface area contributed by atoms with Crippen LogP contribution in [0.1, 0.15) is 13.3 Å². The molecule has 0 saturated heterocycles. The van der Waals surface area contributed by atoms with Gasteiger partial charge in [-0.05, 0) is 6.92 Å². The zero-order valence-corrected chi connectivity index (χ0v) is 9.60. The second kappa shape index (κ2) is 7.44. The van der Waals surface area contributed by atoms with Crippen LogP contribution in [0.2, 0.25) is 0 Å². The van der Waals surface area contributed by atoms with Gasteiger partial charge in [0.15, 0.2) is 0 Å². The third-order valence-electron chi connectivity index (χ3n) is 1.92. The average Bonchev–Trinajstić information content (AvgIpc) is 2.26. The molecule has 0 fully saturated rings. The fourth-order valence-corrected chi connectivity index (χ4v) is 1.02. The molecule has 98 valence electrons. The number of methoxy groups -OCH3 is 1. The quantitative estimate of drug-likeness (QED) is 0.432. The lowest BCUT2D eigenvalue weighted by Crippen LogP contribution is -2.50. The minimum absolute atomic E-state index is 0.116. The fourth-order valence-electron chi connectivity index (χ4n) is 1.02. The molecule has 0 spiro atoms. The van der Waals surface area contributed by atoms with Crippen molar-refractivity contribution in [2.45, 2.75) is 25.4 Å². The number of carbonyl (C=O) groups is 3. The number of amides is 2. The van der Waals surface area contributed by atoms with Gasteiger partial charge in [0.05, 0.1) is 7.11 Å². The van der Waals surface area contributed by atoms with E-state index >= 15 is 0 Å². The second-order valence-corrected chi connectivity index (χ2v) is 3.27. The van der Waals surface area contributed by atoms with Crippen molar-refractivity contribution in [3.63, 3.8) is 0 Å². The average molecular weight is 248 g/mol. The number of carboxylic acids is 1. The van der Waals surface area contributed by atoms with Gasteiger partial charge >= 0.3 is 18.0 Å². The Morgan fingerprint density at radius 2 is 1.88 bits per heavy atom. The minimum atomic E-state index is -1.26. The van der Waals surface area contributed by atoms with E-state index in [1.54, 1.807) is 0 Å². The summed E-state index contributed by atoms with van der Waals surface area (Å²) >= 11 is 0. The number of urea groups is 1. The summed E-state index contributed by atoms with van der Waals surface area (Å²) in [4.78, 5) is 32.9. The standard InChI is InChI=1S/C9H16N2O6/c1-5(8(15)17-2)10-9(16)11-6(3-4-12)7(13)14/h5-6,12H,3-4H2,1-2H3,(H,13,14)(H2,10,11,16)/t5?,6-/m0/s1. The van der Waals surface area contributed by atoms with Crippen molar-refractivity contribution in [1.82, 2.24) is 10.6 Å². The third kappa shape index (κ3) is 5.71. The zero-order chi connectivity index (χ0) is 13.4. The number of rotatable bonds is 6. The molecule has 0 aromatic carbocycles. The van der Waals surface area contributed by atoms with Crippen LogP contribution in [0.15, 0.2) is 0 Å². The van der Waals surface area contributed by atoms with Crippen LogP contribution in [0.4, 0.5) is 4.79 Å². The van der Waals surface area contributed by atoms with Crippen molar-refractivity contribution in [3.8, 4) is 0 Å². The molecule has 0 aromatic heterocycles. The monoisotopic (exact) mass is 248 g/mol. The van der Waals surface area contributed by atoms with Crippen LogP contribution in [-0.4, -0.2) is 54.0 Å². The first-order valence-electron chi connectivity index (χ1n) is 4.90. The highest BCUT2D eigenvalue weighted by molar-refractivity contribution is 5.86. The molecule has 0 saturated carbocycles. The molecule has 17 heavy (non-hydrogen) atoms. The molecule has 0 aliphatic rings. The largest absolute Gasteiger partial charge is 0.480 e. The highest BCUT2D eigenvalue weighted by Gasteiger charge is 2.21. The van der Waals surface area contributed by atoms with Gasteiger partial charge in [-0.3, -0.25) is 0 Å². The topological polar surface area (TPSA) is 125 Å². The van der Waals surface area contributed by atoms with Crippen LogP contribution in [0.5, 0.6) is 0 Å². The van der Waals surface area contributed by atoms with Gasteiger partial charge in [-0.15, -0.1) is 0 Å². The number of nitrogens with one attached hydrogen (secondary N) is 2. The molecule has 0 heterocycles. The lowest BCUT2D eigenvalue weighted by molar-refractivity contribution is -0.142. The molecule has 2 atom stereocenters. The van der Waals surface area contributed by atoms with Crippen molar-refractivity contribution in [3.05, 3.63) is 0 Å². The predicted molar refractivity (Wildman–Crippen MR) is 56.3 cm³/mol. The van der Waals surface area contributed by atoms with Gasteiger partial charge < -0.3 is 25.6 Å². The number of hydrogen-bond donors (Lipinski definition) is 4. The number of carboxylic acid groups (broad SMARTS) is 1. The SMILES string of the molecule is COC(=O)C(C)NC(=O)N[C@@H](CCO)C(=O)O. The first kappa shape index (κ1) is 15.2. The summed E-state index contributed by atoms with van der Waals surface area (Å²) in [5.41, 5.74) is 0. The number of aliphatic hydroxyl groups excluding tert-OH is 1. The van der Waals surface area contributed by atoms with Crippen LogP contribution in [0.25, 0.3) is 0 Å². The van der Waals surface area contributed by atoms with Gasteiger partial charge in [-0.2, -0.15) is 0 Å². The second-order valence-electron chi connectivity index (χ2n) is 3.27. The first-order chi connectivity index (χ1) is 7.92. The van der Waals surface area contributed by atoms with E-state index in [1.165, 1.54) is 14.0 Å². The molecule has 2 amide bonds. The third-order valence-corrected chi connectivity index (χ3v) is 1.92. The first-order valence-corrected chi connectivity index (χ1v) is 4.90. The molecule has 0 rings (SSSR count). The Balaban J connectivity index is 4.23. The van der Waals surface area contributed by atoms with Gasteiger partial charge in [0.25, 0.3) is 0 Å². The van der Waals surface area contributed by atoms with E-state index in [9.17, 15) is 14.4 Å². The molecule has 1 unspecified atom stereocenters. The highest BCUT2D eigenvalue weighted by atomic mass is 16.5. The van der Waals surface area contributed by atoms with E-state index in [4.69, 9.17) is 10.2 Å². The normalized spacial score (nSPS) is 13.4. The van der Waals surface area contributed by atoms with E-state index in [0.717, 1.165) is 0 Å². The Morgan fingerprint density at radius 3 is 2.29 bits per heavy atom. The maximum Gasteiger partial charge on any atom is 0.328 e. The van der Waals surface area contributed by atoms with Crippen LogP contribution in [-0.2, 0) is 14.3 Å². The Kier molecular flexibility index (Phi) is 6.64. The van der Waals surface area contributed by atoms with Crippen molar-refractivity contribution < 1.29 is 29.3 Å². The van der Waals surface area contributed by atoms with Crippen LogP contribution in [0, 0.1) is 0 Å². The van der Waals surface area contributed by atoms with E-state index < -0.39 is 30.1 Å². The number of hydrogen-bond acceptors (Lipinski definition) is 5. The summed E-state index contributed by atoms with van der Waals surface area (Å²) in [6.07, 6.45) is -0.116.